The summed E-state index contributed by atoms with van der Waals surface area (Å²) in [5.41, 5.74) is 0.474. The highest BCUT2D eigenvalue weighted by Gasteiger charge is 2.34. The summed E-state index contributed by atoms with van der Waals surface area (Å²) in [4.78, 5) is 0.254. The molecule has 0 bridgehead atoms. The molecule has 5 nitrogen and oxygen atoms in total. The van der Waals surface area contributed by atoms with Gasteiger partial charge in [0.1, 0.15) is 0 Å². The Kier molecular flexibility index (Phi) is 4.14. The lowest BCUT2D eigenvalue weighted by molar-refractivity contribution is 0.219. The molecule has 2 rings (SSSR count). The fraction of sp³-hybridized carbons (Fsp3) is 0.500. The van der Waals surface area contributed by atoms with E-state index in [1.54, 1.807) is 0 Å². The number of hydrogen-bond donors (Lipinski definition) is 1. The average molecular weight is 293 g/mol. The summed E-state index contributed by atoms with van der Waals surface area (Å²) in [6, 6.07) is 8.06. The van der Waals surface area contributed by atoms with Crippen molar-refractivity contribution in [1.29, 1.82) is 5.26 Å². The van der Waals surface area contributed by atoms with Gasteiger partial charge in [0.05, 0.1) is 16.5 Å². The molecule has 1 heterocycles. The molecule has 0 amide bonds. The third-order valence-corrected chi connectivity index (χ3v) is 5.96. The average Bonchev–Trinajstić information content (AvgIpc) is 2.48. The van der Waals surface area contributed by atoms with E-state index in [0.29, 0.717) is 18.7 Å². The maximum atomic E-state index is 12.5. The number of hydrogen-bond acceptors (Lipinski definition) is 4. The van der Waals surface area contributed by atoms with E-state index in [4.69, 9.17) is 5.26 Å². The highest BCUT2D eigenvalue weighted by molar-refractivity contribution is 7.89. The van der Waals surface area contributed by atoms with Gasteiger partial charge in [-0.2, -0.15) is 9.57 Å². The molecular weight excluding hydrogens is 274 g/mol. The van der Waals surface area contributed by atoms with Crippen LogP contribution in [0.5, 0.6) is 0 Å². The summed E-state index contributed by atoms with van der Waals surface area (Å²) in [7, 11) is -1.54. The molecule has 0 saturated carbocycles. The predicted molar refractivity (Wildman–Crippen MR) is 76.6 cm³/mol. The van der Waals surface area contributed by atoms with Crippen LogP contribution in [0.3, 0.4) is 0 Å². The molecule has 1 saturated heterocycles. The van der Waals surface area contributed by atoms with E-state index in [9.17, 15) is 8.42 Å². The van der Waals surface area contributed by atoms with Crippen LogP contribution in [0.25, 0.3) is 0 Å². The number of nitrogens with zero attached hydrogens (tertiary/aromatic N) is 2. The minimum absolute atomic E-state index is 0.0106. The maximum Gasteiger partial charge on any atom is 0.243 e. The summed E-state index contributed by atoms with van der Waals surface area (Å²) in [5.74, 6) is 0. The number of piperidine rings is 1. The van der Waals surface area contributed by atoms with Crippen molar-refractivity contribution >= 4 is 10.0 Å². The largest absolute Gasteiger partial charge is 0.314 e. The van der Waals surface area contributed by atoms with Gasteiger partial charge in [0.25, 0.3) is 0 Å². The molecule has 1 aliphatic rings. The van der Waals surface area contributed by atoms with E-state index in [2.05, 4.69) is 12.2 Å². The summed E-state index contributed by atoms with van der Waals surface area (Å²) >= 11 is 0. The third-order valence-electron chi connectivity index (χ3n) is 4.05. The molecule has 0 aliphatic carbocycles. The van der Waals surface area contributed by atoms with Crippen molar-refractivity contribution in [2.75, 3.05) is 20.1 Å². The van der Waals surface area contributed by atoms with Gasteiger partial charge in [-0.15, -0.1) is 0 Å². The van der Waals surface area contributed by atoms with E-state index in [-0.39, 0.29) is 10.4 Å². The van der Waals surface area contributed by atoms with Crippen molar-refractivity contribution in [1.82, 2.24) is 9.62 Å². The highest BCUT2D eigenvalue weighted by Crippen LogP contribution is 2.26. The van der Waals surface area contributed by atoms with Gasteiger partial charge >= 0.3 is 0 Å². The lowest BCUT2D eigenvalue weighted by atomic mass is 9.91. The fourth-order valence-electron chi connectivity index (χ4n) is 2.32. The Morgan fingerprint density at radius 2 is 1.80 bits per heavy atom. The summed E-state index contributed by atoms with van der Waals surface area (Å²) in [5, 5.41) is 12.0. The molecule has 0 atom stereocenters. The van der Waals surface area contributed by atoms with Crippen molar-refractivity contribution < 1.29 is 8.42 Å². The van der Waals surface area contributed by atoms with Crippen LogP contribution in [0.4, 0.5) is 0 Å². The molecular formula is C14H19N3O2S. The Bertz CT molecular complexity index is 609. The van der Waals surface area contributed by atoms with Crippen LogP contribution >= 0.6 is 0 Å². The summed E-state index contributed by atoms with van der Waals surface area (Å²) in [6.45, 7) is 3.14. The quantitative estimate of drug-likeness (QED) is 0.912. The first-order chi connectivity index (χ1) is 9.41. The SMILES string of the molecule is CNC1(C)CCN(S(=O)(=O)c2ccc(C#N)cc2)CC1. The number of nitriles is 1. The molecule has 1 N–H and O–H groups in total. The number of benzene rings is 1. The number of sulfonamides is 1. The van der Waals surface area contributed by atoms with Crippen LogP contribution in [0, 0.1) is 11.3 Å². The lowest BCUT2D eigenvalue weighted by Crippen LogP contribution is -2.51. The van der Waals surface area contributed by atoms with Crippen LogP contribution in [-0.4, -0.2) is 38.4 Å². The molecule has 1 aromatic carbocycles. The third kappa shape index (κ3) is 2.85. The first-order valence-electron chi connectivity index (χ1n) is 6.60. The zero-order chi connectivity index (χ0) is 14.8. The minimum atomic E-state index is -3.45. The standard InChI is InChI=1S/C14H19N3O2S/c1-14(16-2)7-9-17(10-8-14)20(18,19)13-5-3-12(11-15)4-6-13/h3-6,16H,7-10H2,1-2H3. The van der Waals surface area contributed by atoms with Gasteiger partial charge in [-0.05, 0) is 51.1 Å². The number of rotatable bonds is 3. The van der Waals surface area contributed by atoms with Crippen LogP contribution in [0.15, 0.2) is 29.2 Å². The van der Waals surface area contributed by atoms with Crippen molar-refractivity contribution in [3.8, 4) is 6.07 Å². The van der Waals surface area contributed by atoms with Gasteiger partial charge in [-0.3, -0.25) is 0 Å². The zero-order valence-corrected chi connectivity index (χ0v) is 12.6. The van der Waals surface area contributed by atoms with Gasteiger partial charge in [-0.1, -0.05) is 0 Å². The zero-order valence-electron chi connectivity index (χ0n) is 11.8. The minimum Gasteiger partial charge on any atom is -0.314 e. The first-order valence-corrected chi connectivity index (χ1v) is 8.04. The van der Waals surface area contributed by atoms with Crippen LogP contribution < -0.4 is 5.32 Å². The highest BCUT2D eigenvalue weighted by atomic mass is 32.2. The topological polar surface area (TPSA) is 73.2 Å². The second kappa shape index (κ2) is 5.52. The van der Waals surface area contributed by atoms with Crippen molar-refractivity contribution in [3.63, 3.8) is 0 Å². The second-order valence-corrected chi connectivity index (χ2v) is 7.29. The van der Waals surface area contributed by atoms with Gasteiger partial charge in [0, 0.05) is 18.6 Å². The molecule has 0 unspecified atom stereocenters. The van der Waals surface area contributed by atoms with Gasteiger partial charge in [0.15, 0.2) is 0 Å². The van der Waals surface area contributed by atoms with Crippen LogP contribution in [-0.2, 0) is 10.0 Å². The normalized spacial score (nSPS) is 19.4. The van der Waals surface area contributed by atoms with E-state index >= 15 is 0 Å². The van der Waals surface area contributed by atoms with Crippen LogP contribution in [0.2, 0.25) is 0 Å². The molecule has 108 valence electrons. The molecule has 1 aliphatic heterocycles. The van der Waals surface area contributed by atoms with Crippen molar-refractivity contribution in [3.05, 3.63) is 29.8 Å². The van der Waals surface area contributed by atoms with Crippen LogP contribution in [0.1, 0.15) is 25.3 Å². The van der Waals surface area contributed by atoms with E-state index in [1.807, 2.05) is 13.1 Å². The Morgan fingerprint density at radius 3 is 2.25 bits per heavy atom. The van der Waals surface area contributed by atoms with E-state index < -0.39 is 10.0 Å². The summed E-state index contributed by atoms with van der Waals surface area (Å²) in [6.07, 6.45) is 1.58. The molecule has 1 aromatic rings. The molecule has 0 radical (unpaired) electrons. The van der Waals surface area contributed by atoms with E-state index in [0.717, 1.165) is 12.8 Å². The Balaban J connectivity index is 2.17. The second-order valence-electron chi connectivity index (χ2n) is 5.35. The van der Waals surface area contributed by atoms with Crippen molar-refractivity contribution in [2.24, 2.45) is 0 Å². The smallest absolute Gasteiger partial charge is 0.243 e. The molecule has 1 fully saturated rings. The first kappa shape index (κ1) is 15.0. The van der Waals surface area contributed by atoms with Gasteiger partial charge in [0.2, 0.25) is 10.0 Å². The van der Waals surface area contributed by atoms with E-state index in [1.165, 1.54) is 28.6 Å². The van der Waals surface area contributed by atoms with Gasteiger partial charge in [-0.25, -0.2) is 8.42 Å². The fourth-order valence-corrected chi connectivity index (χ4v) is 3.76. The predicted octanol–water partition coefficient (Wildman–Crippen LogP) is 1.32. The molecule has 20 heavy (non-hydrogen) atoms. The Morgan fingerprint density at radius 1 is 1.25 bits per heavy atom. The van der Waals surface area contributed by atoms with Crippen molar-refractivity contribution in [2.45, 2.75) is 30.2 Å². The molecule has 0 spiro atoms. The summed E-state index contributed by atoms with van der Waals surface area (Å²) < 4.78 is 26.5. The number of nitrogens with one attached hydrogen (secondary N) is 1. The van der Waals surface area contributed by atoms with Gasteiger partial charge < -0.3 is 5.32 Å². The maximum absolute atomic E-state index is 12.5. The monoisotopic (exact) mass is 293 g/mol. The Labute approximate surface area is 120 Å². The molecule has 0 aromatic heterocycles. The Hall–Kier alpha value is -1.42. The molecule has 6 heteroatoms. The lowest BCUT2D eigenvalue weighted by Gasteiger charge is -2.38.